The van der Waals surface area contributed by atoms with Gasteiger partial charge in [0.15, 0.2) is 12.3 Å². The van der Waals surface area contributed by atoms with E-state index in [1.54, 1.807) is 55.1 Å². The summed E-state index contributed by atoms with van der Waals surface area (Å²) >= 11 is 0. The summed E-state index contributed by atoms with van der Waals surface area (Å²) in [6.07, 6.45) is 3.21. The minimum absolute atomic E-state index is 0.00519. The zero-order chi connectivity index (χ0) is 23.9. The molecule has 1 aromatic carbocycles. The largest absolute Gasteiger partial charge is 0.454 e. The van der Waals surface area contributed by atoms with E-state index in [0.717, 1.165) is 5.69 Å². The molecule has 10 nitrogen and oxygen atoms in total. The van der Waals surface area contributed by atoms with Crippen LogP contribution in [-0.2, 0) is 14.8 Å². The Morgan fingerprint density at radius 2 is 1.82 bits per heavy atom. The highest BCUT2D eigenvalue weighted by Crippen LogP contribution is 2.23. The second kappa shape index (κ2) is 8.26. The van der Waals surface area contributed by atoms with Crippen molar-refractivity contribution in [2.45, 2.75) is 25.7 Å². The van der Waals surface area contributed by atoms with Crippen LogP contribution in [0.3, 0.4) is 0 Å². The number of hydrogen-bond donors (Lipinski definition) is 1. The van der Waals surface area contributed by atoms with Crippen LogP contribution in [0.4, 0.5) is 0 Å². The third-order valence-corrected chi connectivity index (χ3v) is 6.19. The number of ether oxygens (including phenoxy) is 1. The zero-order valence-corrected chi connectivity index (χ0v) is 19.0. The molecule has 0 atom stereocenters. The number of ketones is 1. The molecule has 11 heteroatoms. The predicted octanol–water partition coefficient (Wildman–Crippen LogP) is 2.13. The lowest BCUT2D eigenvalue weighted by Gasteiger charge is -2.10. The molecular formula is C22H21N5O5S. The molecule has 0 fully saturated rings. The first-order valence-electron chi connectivity index (χ1n) is 9.90. The first-order chi connectivity index (χ1) is 15.6. The van der Waals surface area contributed by atoms with E-state index in [1.807, 2.05) is 6.92 Å². The molecule has 0 spiro atoms. The number of aryl methyl sites for hydroxylation is 2. The quantitative estimate of drug-likeness (QED) is 0.338. The minimum Gasteiger partial charge on any atom is -0.454 e. The third-order valence-electron chi connectivity index (χ3n) is 5.26. The van der Waals surface area contributed by atoms with Gasteiger partial charge in [-0.15, -0.1) is 0 Å². The summed E-state index contributed by atoms with van der Waals surface area (Å²) in [5, 5.41) is 9.38. The number of rotatable bonds is 6. The van der Waals surface area contributed by atoms with Gasteiger partial charge in [0, 0.05) is 35.0 Å². The first kappa shape index (κ1) is 22.4. The number of fused-ring (bicyclic) bond motifs is 1. The van der Waals surface area contributed by atoms with Crippen molar-refractivity contribution in [1.82, 2.24) is 19.2 Å². The first-order valence-corrected chi connectivity index (χ1v) is 11.4. The van der Waals surface area contributed by atoms with E-state index in [1.165, 1.54) is 16.6 Å². The lowest BCUT2D eigenvalue weighted by molar-refractivity contribution is 0.0475. The Hall–Kier alpha value is -3.83. The van der Waals surface area contributed by atoms with Crippen LogP contribution in [0.1, 0.15) is 37.8 Å². The fourth-order valence-electron chi connectivity index (χ4n) is 3.74. The molecule has 3 aromatic heterocycles. The van der Waals surface area contributed by atoms with E-state index in [4.69, 9.17) is 9.88 Å². The maximum Gasteiger partial charge on any atom is 0.344 e. The van der Waals surface area contributed by atoms with Gasteiger partial charge in [-0.05, 0) is 57.2 Å². The number of carbonyl (C=O) groups is 2. The van der Waals surface area contributed by atoms with Gasteiger partial charge >= 0.3 is 5.97 Å². The number of hydrogen-bond acceptors (Lipinski definition) is 7. The van der Waals surface area contributed by atoms with Gasteiger partial charge in [-0.2, -0.15) is 5.10 Å². The molecule has 4 aromatic rings. The Kier molecular flexibility index (Phi) is 5.60. The standard InChI is InChI=1S/C22H21N5O5S/c1-13-11-18(15(3)27(13)16-5-7-17(8-6-16)33(23,30)31)19(28)12-32-22(29)20-14(2)25-26-10-4-9-24-21(20)26/h4-11H,12H2,1-3H3,(H2,23,30,31). The highest BCUT2D eigenvalue weighted by atomic mass is 32.2. The van der Waals surface area contributed by atoms with Crippen molar-refractivity contribution in [3.8, 4) is 5.69 Å². The summed E-state index contributed by atoms with van der Waals surface area (Å²) in [5.74, 6) is -1.05. The zero-order valence-electron chi connectivity index (χ0n) is 18.1. The van der Waals surface area contributed by atoms with Gasteiger partial charge < -0.3 is 9.30 Å². The number of Topliss-reactive ketones (excluding diaryl/α,β-unsaturated/α-hetero) is 1. The summed E-state index contributed by atoms with van der Waals surface area (Å²) in [4.78, 5) is 29.6. The van der Waals surface area contributed by atoms with E-state index >= 15 is 0 Å². The molecule has 0 aliphatic heterocycles. The molecule has 3 heterocycles. The number of carbonyl (C=O) groups excluding carboxylic acids is 2. The van der Waals surface area contributed by atoms with Crippen molar-refractivity contribution in [1.29, 1.82) is 0 Å². The Balaban J connectivity index is 1.55. The topological polar surface area (TPSA) is 139 Å². The molecule has 0 saturated carbocycles. The number of nitrogens with zero attached hydrogens (tertiary/aromatic N) is 4. The number of esters is 1. The van der Waals surface area contributed by atoms with Gasteiger partial charge in [-0.1, -0.05) is 0 Å². The van der Waals surface area contributed by atoms with Crippen molar-refractivity contribution in [2.24, 2.45) is 5.14 Å². The average molecular weight is 468 g/mol. The lowest BCUT2D eigenvalue weighted by atomic mass is 10.1. The van der Waals surface area contributed by atoms with Crippen molar-refractivity contribution in [3.05, 3.63) is 77.0 Å². The maximum absolute atomic E-state index is 12.8. The average Bonchev–Trinajstić information content (AvgIpc) is 3.26. The molecule has 33 heavy (non-hydrogen) atoms. The normalized spacial score (nSPS) is 11.6. The SMILES string of the molecule is Cc1nn2cccnc2c1C(=O)OCC(=O)c1cc(C)n(-c2ccc(S(N)(=O)=O)cc2)c1C. The van der Waals surface area contributed by atoms with Crippen LogP contribution in [0.25, 0.3) is 11.3 Å². The summed E-state index contributed by atoms with van der Waals surface area (Å²) in [5.41, 5.74) is 3.47. The predicted molar refractivity (Wildman–Crippen MR) is 119 cm³/mol. The molecule has 0 aliphatic rings. The van der Waals surface area contributed by atoms with Gasteiger partial charge in [0.25, 0.3) is 0 Å². The Labute approximate surface area is 189 Å². The molecular weight excluding hydrogens is 446 g/mol. The minimum atomic E-state index is -3.80. The molecule has 0 radical (unpaired) electrons. The van der Waals surface area contributed by atoms with Crippen molar-refractivity contribution in [2.75, 3.05) is 6.61 Å². The smallest absolute Gasteiger partial charge is 0.344 e. The van der Waals surface area contributed by atoms with Crippen molar-refractivity contribution in [3.63, 3.8) is 0 Å². The molecule has 0 aliphatic carbocycles. The Morgan fingerprint density at radius 1 is 1.12 bits per heavy atom. The van der Waals surface area contributed by atoms with E-state index in [9.17, 15) is 18.0 Å². The molecule has 0 saturated heterocycles. The van der Waals surface area contributed by atoms with Gasteiger partial charge in [0.05, 0.1) is 10.6 Å². The number of sulfonamides is 1. The number of benzene rings is 1. The van der Waals surface area contributed by atoms with Crippen LogP contribution >= 0.6 is 0 Å². The van der Waals surface area contributed by atoms with Crippen LogP contribution < -0.4 is 5.14 Å². The fraction of sp³-hybridized carbons (Fsp3) is 0.182. The van der Waals surface area contributed by atoms with Crippen LogP contribution in [0.2, 0.25) is 0 Å². The lowest BCUT2D eigenvalue weighted by Crippen LogP contribution is -2.15. The second-order valence-electron chi connectivity index (χ2n) is 7.51. The van der Waals surface area contributed by atoms with E-state index in [-0.39, 0.29) is 16.2 Å². The highest BCUT2D eigenvalue weighted by molar-refractivity contribution is 7.89. The van der Waals surface area contributed by atoms with Gasteiger partial charge in [0.1, 0.15) is 5.56 Å². The highest BCUT2D eigenvalue weighted by Gasteiger charge is 2.23. The summed E-state index contributed by atoms with van der Waals surface area (Å²) in [7, 11) is -3.80. The van der Waals surface area contributed by atoms with Crippen LogP contribution in [0.15, 0.2) is 53.7 Å². The number of primary sulfonamides is 1. The van der Waals surface area contributed by atoms with Crippen LogP contribution in [0.5, 0.6) is 0 Å². The van der Waals surface area contributed by atoms with Crippen LogP contribution in [0, 0.1) is 20.8 Å². The molecule has 2 N–H and O–H groups in total. The molecule has 0 unspecified atom stereocenters. The molecule has 4 rings (SSSR count). The Bertz CT molecular complexity index is 1500. The fourth-order valence-corrected chi connectivity index (χ4v) is 4.26. The van der Waals surface area contributed by atoms with Gasteiger partial charge in [-0.3, -0.25) is 4.79 Å². The second-order valence-corrected chi connectivity index (χ2v) is 9.07. The van der Waals surface area contributed by atoms with Crippen molar-refractivity contribution >= 4 is 27.4 Å². The molecule has 0 bridgehead atoms. The number of nitrogens with two attached hydrogens (primary N) is 1. The van der Waals surface area contributed by atoms with E-state index in [2.05, 4.69) is 10.1 Å². The molecule has 170 valence electrons. The van der Waals surface area contributed by atoms with E-state index in [0.29, 0.717) is 28.3 Å². The monoisotopic (exact) mass is 467 g/mol. The van der Waals surface area contributed by atoms with Gasteiger partial charge in [0.2, 0.25) is 15.8 Å². The van der Waals surface area contributed by atoms with Crippen molar-refractivity contribution < 1.29 is 22.7 Å². The van der Waals surface area contributed by atoms with E-state index < -0.39 is 22.6 Å². The summed E-state index contributed by atoms with van der Waals surface area (Å²) in [6, 6.07) is 9.40. The Morgan fingerprint density at radius 3 is 2.48 bits per heavy atom. The summed E-state index contributed by atoms with van der Waals surface area (Å²) in [6.45, 7) is 4.80. The molecule has 0 amide bonds. The number of aromatic nitrogens is 4. The maximum atomic E-state index is 12.8. The van der Waals surface area contributed by atoms with Gasteiger partial charge in [-0.25, -0.2) is 27.9 Å². The van der Waals surface area contributed by atoms with Crippen LogP contribution in [-0.4, -0.2) is 45.9 Å². The summed E-state index contributed by atoms with van der Waals surface area (Å²) < 4.78 is 31.5. The third kappa shape index (κ3) is 4.15.